The molecule has 0 fully saturated rings. The molecule has 0 saturated heterocycles. The van der Waals surface area contributed by atoms with Gasteiger partial charge >= 0.3 is 0 Å². The summed E-state index contributed by atoms with van der Waals surface area (Å²) < 4.78 is 1.33. The van der Waals surface area contributed by atoms with Gasteiger partial charge in [0.2, 0.25) is 0 Å². The maximum absolute atomic E-state index is 2.59. The van der Waals surface area contributed by atoms with Crippen molar-refractivity contribution in [3.8, 4) is 22.3 Å². The van der Waals surface area contributed by atoms with Crippen molar-refractivity contribution in [3.05, 3.63) is 224 Å². The Morgan fingerprint density at radius 2 is 0.745 bits per heavy atom. The number of aryl methyl sites for hydroxylation is 4. The van der Waals surface area contributed by atoms with E-state index in [0.717, 1.165) is 0 Å². The normalized spacial score (nSPS) is 14.6. The van der Waals surface area contributed by atoms with Crippen LogP contribution in [0.2, 0.25) is 0 Å². The fourth-order valence-electron chi connectivity index (χ4n) is 9.34. The number of hydrogen-bond donors (Lipinski definition) is 0. The van der Waals surface area contributed by atoms with E-state index in [4.69, 9.17) is 0 Å². The van der Waals surface area contributed by atoms with Gasteiger partial charge in [-0.25, -0.2) is 0 Å². The summed E-state index contributed by atoms with van der Waals surface area (Å²) in [5.74, 6) is 0. The molecule has 8 aromatic rings. The van der Waals surface area contributed by atoms with E-state index >= 15 is 0 Å². The number of hydrogen-bond acceptors (Lipinski definition) is 1. The van der Waals surface area contributed by atoms with E-state index < -0.39 is 10.8 Å². The number of fused-ring (bicyclic) bond motifs is 7. The van der Waals surface area contributed by atoms with Crippen LogP contribution in [0.4, 0.5) is 0 Å². The Bertz CT molecular complexity index is 2540. The minimum Gasteiger partial charge on any atom is -0.144 e. The van der Waals surface area contributed by atoms with E-state index in [0.29, 0.717) is 0 Å². The largest absolute Gasteiger partial charge is 0.144 e. The van der Waals surface area contributed by atoms with Crippen LogP contribution in [0.25, 0.3) is 32.3 Å². The molecule has 0 unspecified atom stereocenters. The van der Waals surface area contributed by atoms with Crippen LogP contribution in [0.3, 0.4) is 0 Å². The van der Waals surface area contributed by atoms with Gasteiger partial charge in [0.15, 0.2) is 0 Å². The molecule has 10 rings (SSSR count). The van der Waals surface area contributed by atoms with E-state index in [-0.39, 0.29) is 0 Å². The average Bonchev–Trinajstić information content (AvgIpc) is 3.81. The van der Waals surface area contributed by atoms with Gasteiger partial charge in [-0.1, -0.05) is 144 Å². The smallest absolute Gasteiger partial charge is 0.0714 e. The van der Waals surface area contributed by atoms with E-state index in [1.807, 2.05) is 11.3 Å². The molecule has 244 valence electrons. The first kappa shape index (κ1) is 30.3. The van der Waals surface area contributed by atoms with Crippen LogP contribution in [-0.4, -0.2) is 0 Å². The average molecular weight is 671 g/mol. The molecule has 0 radical (unpaired) electrons. The standard InChI is InChI=1S/C50H38S/c1-31-9-17-36(18-10-31)49(37-19-11-32(2)12-20-37)44-8-6-5-7-40(44)42-28-46-43(29-45(42)49)41-27-35-25-26-51-48(35)30-47(41)50(46,38-21-13-33(3)14-22-38)39-23-15-34(4)16-24-39/h5-30H,1-4H3. The zero-order chi connectivity index (χ0) is 34.5. The predicted molar refractivity (Wildman–Crippen MR) is 215 cm³/mol. The second kappa shape index (κ2) is 11.0. The zero-order valence-corrected chi connectivity index (χ0v) is 30.2. The topological polar surface area (TPSA) is 0 Å². The van der Waals surface area contributed by atoms with Crippen LogP contribution in [0, 0.1) is 27.7 Å². The van der Waals surface area contributed by atoms with Crippen molar-refractivity contribution in [2.24, 2.45) is 0 Å². The second-order valence-electron chi connectivity index (χ2n) is 14.8. The van der Waals surface area contributed by atoms with Gasteiger partial charge in [-0.3, -0.25) is 0 Å². The predicted octanol–water partition coefficient (Wildman–Crippen LogP) is 12.9. The lowest BCUT2D eigenvalue weighted by Gasteiger charge is -2.36. The van der Waals surface area contributed by atoms with Crippen LogP contribution in [-0.2, 0) is 10.8 Å². The monoisotopic (exact) mass is 670 g/mol. The Hall–Kier alpha value is -5.50. The Morgan fingerprint density at radius 3 is 1.24 bits per heavy atom. The van der Waals surface area contributed by atoms with Crippen molar-refractivity contribution in [3.63, 3.8) is 0 Å². The molecule has 1 heterocycles. The van der Waals surface area contributed by atoms with E-state index in [9.17, 15) is 0 Å². The third kappa shape index (κ3) is 4.13. The van der Waals surface area contributed by atoms with Crippen LogP contribution in [0.1, 0.15) is 66.8 Å². The maximum Gasteiger partial charge on any atom is 0.0714 e. The first-order chi connectivity index (χ1) is 24.9. The molecule has 0 aliphatic heterocycles. The molecule has 0 atom stereocenters. The van der Waals surface area contributed by atoms with Crippen molar-refractivity contribution >= 4 is 21.4 Å². The summed E-state index contributed by atoms with van der Waals surface area (Å²) in [6.45, 7) is 8.74. The van der Waals surface area contributed by atoms with Gasteiger partial charge < -0.3 is 0 Å². The highest BCUT2D eigenvalue weighted by atomic mass is 32.1. The lowest BCUT2D eigenvalue weighted by atomic mass is 9.65. The Kier molecular flexibility index (Phi) is 6.54. The Labute approximate surface area is 304 Å². The Morgan fingerprint density at radius 1 is 0.353 bits per heavy atom. The highest BCUT2D eigenvalue weighted by molar-refractivity contribution is 7.17. The molecule has 0 bridgehead atoms. The molecule has 0 spiro atoms. The minimum atomic E-state index is -0.479. The lowest BCUT2D eigenvalue weighted by molar-refractivity contribution is 0.758. The quantitative estimate of drug-likeness (QED) is 0.175. The zero-order valence-electron chi connectivity index (χ0n) is 29.4. The molecule has 2 aliphatic carbocycles. The molecule has 0 saturated carbocycles. The first-order valence-corrected chi connectivity index (χ1v) is 18.9. The summed E-state index contributed by atoms with van der Waals surface area (Å²) in [7, 11) is 0. The van der Waals surface area contributed by atoms with Gasteiger partial charge in [-0.15, -0.1) is 11.3 Å². The summed E-state index contributed by atoms with van der Waals surface area (Å²) in [5, 5.41) is 3.54. The molecule has 0 nitrogen and oxygen atoms in total. The number of benzene rings is 7. The molecule has 0 amide bonds. The fraction of sp³-hybridized carbons (Fsp3) is 0.120. The fourth-order valence-corrected chi connectivity index (χ4v) is 10.1. The van der Waals surface area contributed by atoms with E-state index in [1.165, 1.54) is 99.1 Å². The van der Waals surface area contributed by atoms with Crippen LogP contribution in [0.15, 0.2) is 157 Å². The van der Waals surface area contributed by atoms with Crippen LogP contribution >= 0.6 is 11.3 Å². The molecular formula is C50H38S. The summed E-state index contributed by atoms with van der Waals surface area (Å²) >= 11 is 1.84. The van der Waals surface area contributed by atoms with Crippen LogP contribution < -0.4 is 0 Å². The second-order valence-corrected chi connectivity index (χ2v) is 15.8. The summed E-state index contributed by atoms with van der Waals surface area (Å²) in [4.78, 5) is 0. The first-order valence-electron chi connectivity index (χ1n) is 18.0. The van der Waals surface area contributed by atoms with Crippen LogP contribution in [0.5, 0.6) is 0 Å². The van der Waals surface area contributed by atoms with Gasteiger partial charge in [0.05, 0.1) is 10.8 Å². The third-order valence-corrected chi connectivity index (χ3v) is 12.7. The molecule has 0 N–H and O–H groups in total. The minimum absolute atomic E-state index is 0.464. The molecule has 2 aliphatic rings. The van der Waals surface area contributed by atoms with Gasteiger partial charge in [0.1, 0.15) is 0 Å². The van der Waals surface area contributed by atoms with Crippen molar-refractivity contribution in [1.29, 1.82) is 0 Å². The molecular weight excluding hydrogens is 633 g/mol. The van der Waals surface area contributed by atoms with Crippen molar-refractivity contribution in [1.82, 2.24) is 0 Å². The van der Waals surface area contributed by atoms with Crippen molar-refractivity contribution in [2.75, 3.05) is 0 Å². The molecule has 1 aromatic heterocycles. The van der Waals surface area contributed by atoms with Gasteiger partial charge in [0.25, 0.3) is 0 Å². The Balaban J connectivity index is 1.39. The molecule has 1 heteroatoms. The van der Waals surface area contributed by atoms with Gasteiger partial charge in [-0.05, 0) is 136 Å². The van der Waals surface area contributed by atoms with E-state index in [1.54, 1.807) is 0 Å². The lowest BCUT2D eigenvalue weighted by Crippen LogP contribution is -2.30. The maximum atomic E-state index is 2.59. The van der Waals surface area contributed by atoms with Crippen molar-refractivity contribution in [2.45, 2.75) is 38.5 Å². The SMILES string of the molecule is Cc1ccc(C2(c3ccc(C)cc3)c3ccccc3-c3cc4c(cc32)-c2cc3ccsc3cc2C4(c2ccc(C)cc2)c2ccc(C)cc2)cc1. The molecule has 51 heavy (non-hydrogen) atoms. The van der Waals surface area contributed by atoms with Gasteiger partial charge in [0, 0.05) is 4.70 Å². The summed E-state index contributed by atoms with van der Waals surface area (Å²) in [5.41, 5.74) is 20.1. The highest BCUT2D eigenvalue weighted by Gasteiger charge is 2.51. The third-order valence-electron chi connectivity index (χ3n) is 11.8. The van der Waals surface area contributed by atoms with Gasteiger partial charge in [-0.2, -0.15) is 0 Å². The molecule has 7 aromatic carbocycles. The van der Waals surface area contributed by atoms with E-state index in [2.05, 4.69) is 185 Å². The summed E-state index contributed by atoms with van der Waals surface area (Å²) in [6, 6.07) is 58.8. The van der Waals surface area contributed by atoms with Crippen molar-refractivity contribution < 1.29 is 0 Å². The highest BCUT2D eigenvalue weighted by Crippen LogP contribution is 2.63. The summed E-state index contributed by atoms with van der Waals surface area (Å²) in [6.07, 6.45) is 0. The number of rotatable bonds is 4. The number of thiophene rings is 1.